The van der Waals surface area contributed by atoms with Crippen LogP contribution in [0.15, 0.2) is 12.4 Å². The first-order valence-corrected chi connectivity index (χ1v) is 15.3. The van der Waals surface area contributed by atoms with Crippen molar-refractivity contribution in [3.05, 3.63) is 40.7 Å². The number of anilines is 2. The maximum Gasteiger partial charge on any atom is 0.412 e. The van der Waals surface area contributed by atoms with Crippen molar-refractivity contribution in [2.24, 2.45) is 0 Å². The Hall–Kier alpha value is -3.99. The summed E-state index contributed by atoms with van der Waals surface area (Å²) in [5.74, 6) is -0.865. The van der Waals surface area contributed by atoms with E-state index < -0.39 is 23.3 Å². The van der Waals surface area contributed by atoms with Gasteiger partial charge in [0.25, 0.3) is 0 Å². The van der Waals surface area contributed by atoms with E-state index in [4.69, 9.17) is 19.4 Å². The predicted molar refractivity (Wildman–Crippen MR) is 163 cm³/mol. The molecule has 1 N–H and O–H groups in total. The summed E-state index contributed by atoms with van der Waals surface area (Å²) in [4.78, 5) is 30.8. The van der Waals surface area contributed by atoms with E-state index in [9.17, 15) is 10.1 Å². The molecular weight excluding hydrogens is 588 g/mol. The van der Waals surface area contributed by atoms with Crippen LogP contribution in [-0.4, -0.2) is 63.8 Å². The number of carbonyl (C=O) groups excluding carboxylic acids is 1. The smallest absolute Gasteiger partial charge is 0.412 e. The molecule has 1 aromatic carbocycles. The number of carbonyl (C=O) groups is 1. The number of hydrogen-bond acceptors (Lipinski definition) is 10. The monoisotopic (exact) mass is 619 g/mol. The van der Waals surface area contributed by atoms with Gasteiger partial charge in [0, 0.05) is 35.1 Å². The quantitative estimate of drug-likeness (QED) is 0.289. The number of nitrogens with one attached hydrogen (secondary N) is 1. The van der Waals surface area contributed by atoms with Gasteiger partial charge in [0.1, 0.15) is 22.2 Å². The van der Waals surface area contributed by atoms with E-state index in [1.807, 2.05) is 0 Å². The zero-order chi connectivity index (χ0) is 31.1. The molecule has 1 saturated carbocycles. The SMILES string of the molecule is CN(C)C1CCN(c2ncc3c4c(c(-c5ncc(F)c6sc(NC(=O)OC(C)(C)C)c(C#N)c56)c(F)c3n2)COC4)C12CC2. The van der Waals surface area contributed by atoms with Gasteiger partial charge in [0.05, 0.1) is 40.9 Å². The van der Waals surface area contributed by atoms with Gasteiger partial charge in [0.15, 0.2) is 11.6 Å². The molecule has 5 heterocycles. The number of hydrogen-bond donors (Lipinski definition) is 1. The molecule has 1 atom stereocenters. The highest BCUT2D eigenvalue weighted by Crippen LogP contribution is 2.52. The fourth-order valence-electron chi connectivity index (χ4n) is 6.82. The van der Waals surface area contributed by atoms with Crippen LogP contribution in [0.1, 0.15) is 56.7 Å². The Bertz CT molecular complexity index is 1910. The second kappa shape index (κ2) is 10.0. The zero-order valence-electron chi connectivity index (χ0n) is 25.0. The van der Waals surface area contributed by atoms with Crippen molar-refractivity contribution in [3.8, 4) is 17.3 Å². The molecule has 1 unspecified atom stereocenters. The van der Waals surface area contributed by atoms with E-state index in [0.29, 0.717) is 22.9 Å². The van der Waals surface area contributed by atoms with Crippen LogP contribution in [0.5, 0.6) is 0 Å². The molecule has 1 spiro atoms. The minimum Gasteiger partial charge on any atom is -0.444 e. The van der Waals surface area contributed by atoms with E-state index in [-0.39, 0.29) is 56.2 Å². The van der Waals surface area contributed by atoms with Crippen LogP contribution in [-0.2, 0) is 22.7 Å². The van der Waals surface area contributed by atoms with Crippen LogP contribution >= 0.6 is 11.3 Å². The molecule has 10 nitrogen and oxygen atoms in total. The molecule has 1 aliphatic carbocycles. The molecule has 3 aliphatic rings. The molecular formula is C31H31F2N7O3S. The van der Waals surface area contributed by atoms with Crippen molar-refractivity contribution >= 4 is 49.4 Å². The fraction of sp³-hybridized carbons (Fsp3) is 0.452. The van der Waals surface area contributed by atoms with Crippen molar-refractivity contribution in [2.75, 3.05) is 30.9 Å². The Balaban J connectivity index is 1.40. The molecule has 2 aliphatic heterocycles. The molecule has 2 fully saturated rings. The van der Waals surface area contributed by atoms with Crippen molar-refractivity contribution in [3.63, 3.8) is 0 Å². The van der Waals surface area contributed by atoms with Crippen LogP contribution in [0.4, 0.5) is 24.5 Å². The van der Waals surface area contributed by atoms with Gasteiger partial charge in [-0.05, 0) is 65.3 Å². The lowest BCUT2D eigenvalue weighted by Gasteiger charge is -2.31. The average Bonchev–Trinajstić information content (AvgIpc) is 3.27. The molecule has 4 aromatic rings. The third-order valence-electron chi connectivity index (χ3n) is 8.73. The maximum atomic E-state index is 16.9. The molecule has 13 heteroatoms. The highest BCUT2D eigenvalue weighted by molar-refractivity contribution is 7.23. The highest BCUT2D eigenvalue weighted by atomic mass is 32.1. The minimum atomic E-state index is -0.794. The van der Waals surface area contributed by atoms with E-state index in [0.717, 1.165) is 48.9 Å². The first-order valence-electron chi connectivity index (χ1n) is 14.5. The number of pyridine rings is 1. The summed E-state index contributed by atoms with van der Waals surface area (Å²) < 4.78 is 43.3. The van der Waals surface area contributed by atoms with Crippen molar-refractivity contribution in [1.82, 2.24) is 19.9 Å². The molecule has 3 aromatic heterocycles. The molecule has 7 rings (SSSR count). The first kappa shape index (κ1) is 28.8. The van der Waals surface area contributed by atoms with E-state index in [1.165, 1.54) is 0 Å². The molecule has 0 bridgehead atoms. The minimum absolute atomic E-state index is 0.0316. The third-order valence-corrected chi connectivity index (χ3v) is 9.84. The van der Waals surface area contributed by atoms with Gasteiger partial charge in [-0.15, -0.1) is 11.3 Å². The summed E-state index contributed by atoms with van der Waals surface area (Å²) in [6.07, 6.45) is 4.89. The van der Waals surface area contributed by atoms with E-state index in [2.05, 4.69) is 40.3 Å². The van der Waals surface area contributed by atoms with Crippen molar-refractivity contribution < 1.29 is 23.0 Å². The predicted octanol–water partition coefficient (Wildman–Crippen LogP) is 6.11. The van der Waals surface area contributed by atoms with Crippen LogP contribution in [0, 0.1) is 23.0 Å². The summed E-state index contributed by atoms with van der Waals surface area (Å²) in [7, 11) is 4.16. The number of thiophene rings is 1. The number of halogens is 2. The number of rotatable bonds is 4. The van der Waals surface area contributed by atoms with Gasteiger partial charge in [-0.1, -0.05) is 0 Å². The number of ether oxygens (including phenoxy) is 2. The maximum absolute atomic E-state index is 16.9. The Kier molecular flexibility index (Phi) is 6.55. The Morgan fingerprint density at radius 1 is 1.23 bits per heavy atom. The van der Waals surface area contributed by atoms with Gasteiger partial charge in [-0.2, -0.15) is 5.26 Å². The van der Waals surface area contributed by atoms with Gasteiger partial charge in [-0.3, -0.25) is 10.3 Å². The van der Waals surface area contributed by atoms with Crippen LogP contribution in [0.3, 0.4) is 0 Å². The van der Waals surface area contributed by atoms with Gasteiger partial charge in [0.2, 0.25) is 5.95 Å². The largest absolute Gasteiger partial charge is 0.444 e. The number of likely N-dealkylation sites (N-methyl/N-ethyl adjacent to an activating group) is 1. The Labute approximate surface area is 256 Å². The average molecular weight is 620 g/mol. The third kappa shape index (κ3) is 4.38. The number of aromatic nitrogens is 3. The van der Waals surface area contributed by atoms with Gasteiger partial charge >= 0.3 is 6.09 Å². The zero-order valence-corrected chi connectivity index (χ0v) is 25.9. The second-order valence-electron chi connectivity index (χ2n) is 12.8. The number of nitriles is 1. The van der Waals surface area contributed by atoms with Gasteiger partial charge in [-0.25, -0.2) is 23.5 Å². The summed E-state index contributed by atoms with van der Waals surface area (Å²) in [6.45, 7) is 6.22. The normalized spacial score (nSPS) is 18.8. The summed E-state index contributed by atoms with van der Waals surface area (Å²) in [5, 5.41) is 13.5. The van der Waals surface area contributed by atoms with Crippen LogP contribution in [0.25, 0.3) is 32.2 Å². The van der Waals surface area contributed by atoms with Crippen molar-refractivity contribution in [2.45, 2.75) is 70.4 Å². The number of nitrogens with zero attached hydrogens (tertiary/aromatic N) is 6. The Morgan fingerprint density at radius 3 is 2.66 bits per heavy atom. The van der Waals surface area contributed by atoms with E-state index in [1.54, 1.807) is 27.0 Å². The van der Waals surface area contributed by atoms with Crippen molar-refractivity contribution in [1.29, 1.82) is 5.26 Å². The van der Waals surface area contributed by atoms with Gasteiger partial charge < -0.3 is 19.3 Å². The molecule has 1 amide bonds. The van der Waals surface area contributed by atoms with E-state index >= 15 is 8.78 Å². The first-order chi connectivity index (χ1) is 20.9. The summed E-state index contributed by atoms with van der Waals surface area (Å²) in [6, 6.07) is 2.43. The topological polar surface area (TPSA) is 116 Å². The Morgan fingerprint density at radius 2 is 1.98 bits per heavy atom. The number of benzene rings is 1. The lowest BCUT2D eigenvalue weighted by Crippen LogP contribution is -2.44. The summed E-state index contributed by atoms with van der Waals surface area (Å²) in [5.41, 5.74) is 0.716. The molecule has 0 radical (unpaired) electrons. The second-order valence-corrected chi connectivity index (χ2v) is 13.8. The summed E-state index contributed by atoms with van der Waals surface area (Å²) >= 11 is 0.870. The molecule has 44 heavy (non-hydrogen) atoms. The number of amides is 1. The number of fused-ring (bicyclic) bond motifs is 4. The molecule has 228 valence electrons. The standard InChI is InChI=1S/C31H31F2N7O3S/c1-30(2,3)43-29(41)38-27-15(10-34)22-25(35-12-19(32)26(22)44-27)21-18-14-42-13-17(18)16-11-36-28(37-24(16)23(21)33)40-9-6-20(39(4)5)31(40)7-8-31/h11-12,20H,6-9,13-14H2,1-5H3,(H,38,41). The molecule has 1 saturated heterocycles. The fourth-order valence-corrected chi connectivity index (χ4v) is 7.86. The van der Waals surface area contributed by atoms with Crippen LogP contribution < -0.4 is 10.2 Å². The lowest BCUT2D eigenvalue weighted by molar-refractivity contribution is 0.0636. The lowest BCUT2D eigenvalue weighted by atomic mass is 9.94. The van der Waals surface area contributed by atoms with Crippen LogP contribution in [0.2, 0.25) is 0 Å². The highest BCUT2D eigenvalue weighted by Gasteiger charge is 2.59.